The van der Waals surface area contributed by atoms with Crippen molar-refractivity contribution in [1.29, 1.82) is 0 Å². The fourth-order valence-corrected chi connectivity index (χ4v) is 5.81. The van der Waals surface area contributed by atoms with Gasteiger partial charge in [0.15, 0.2) is 0 Å². The molecule has 2 aliphatic heterocycles. The van der Waals surface area contributed by atoms with Crippen LogP contribution in [0.3, 0.4) is 0 Å². The van der Waals surface area contributed by atoms with Crippen LogP contribution < -0.4 is 4.90 Å². The number of likely N-dealkylation sites (N-methyl/N-ethyl adjacent to an activating group) is 1. The van der Waals surface area contributed by atoms with E-state index in [4.69, 9.17) is 0 Å². The first-order chi connectivity index (χ1) is 19.2. The van der Waals surface area contributed by atoms with Gasteiger partial charge < -0.3 is 9.80 Å². The van der Waals surface area contributed by atoms with Gasteiger partial charge >= 0.3 is 6.18 Å². The molecule has 214 valence electrons. The second-order valence-corrected chi connectivity index (χ2v) is 10.8. The van der Waals surface area contributed by atoms with Crippen molar-refractivity contribution in [3.05, 3.63) is 101 Å². The molecule has 3 aromatic rings. The number of piperazine rings is 1. The van der Waals surface area contributed by atoms with E-state index in [0.717, 1.165) is 49.4 Å². The molecule has 0 unspecified atom stereocenters. The number of anilines is 1. The van der Waals surface area contributed by atoms with E-state index in [2.05, 4.69) is 26.6 Å². The number of nitrogens with zero attached hydrogens (tertiary/aromatic N) is 4. The zero-order valence-electron chi connectivity index (χ0n) is 22.7. The topological polar surface area (TPSA) is 13.0 Å². The molecule has 4 nitrogen and oxygen atoms in total. The third-order valence-electron chi connectivity index (χ3n) is 8.02. The van der Waals surface area contributed by atoms with Crippen LogP contribution >= 0.6 is 0 Å². The van der Waals surface area contributed by atoms with Crippen molar-refractivity contribution in [2.75, 3.05) is 64.3 Å². The number of halogens is 5. The van der Waals surface area contributed by atoms with Gasteiger partial charge in [-0.15, -0.1) is 0 Å². The van der Waals surface area contributed by atoms with Crippen LogP contribution in [-0.2, 0) is 12.7 Å². The SMILES string of the molecule is CN1CCCN(c2ccc(C(F)(F)F)c(CN3CCN(C(c4ccc(F)cc4)c4ccc(F)cc4)CC3)c2)CC1. The van der Waals surface area contributed by atoms with Gasteiger partial charge in [-0.05, 0) is 79.2 Å². The fraction of sp³-hybridized carbons (Fsp3) is 0.419. The highest BCUT2D eigenvalue weighted by Crippen LogP contribution is 2.36. The molecule has 0 N–H and O–H groups in total. The van der Waals surface area contributed by atoms with E-state index in [1.807, 2.05) is 0 Å². The molecule has 0 amide bonds. The Hall–Kier alpha value is -3.01. The summed E-state index contributed by atoms with van der Waals surface area (Å²) in [4.78, 5) is 8.72. The van der Waals surface area contributed by atoms with Crippen LogP contribution in [0.15, 0.2) is 66.7 Å². The summed E-state index contributed by atoms with van der Waals surface area (Å²) in [5.41, 5.74) is 2.32. The van der Waals surface area contributed by atoms with E-state index in [9.17, 15) is 22.0 Å². The summed E-state index contributed by atoms with van der Waals surface area (Å²) in [6.07, 6.45) is -3.46. The smallest absolute Gasteiger partial charge is 0.370 e. The molecule has 0 aliphatic carbocycles. The maximum atomic E-state index is 14.0. The normalized spacial score (nSPS) is 18.3. The molecule has 0 saturated carbocycles. The Morgan fingerprint density at radius 2 is 1.30 bits per heavy atom. The molecule has 2 heterocycles. The molecule has 0 radical (unpaired) electrons. The number of hydrogen-bond acceptors (Lipinski definition) is 4. The minimum absolute atomic E-state index is 0.210. The van der Waals surface area contributed by atoms with Crippen LogP contribution in [0.2, 0.25) is 0 Å². The molecular formula is C31H35F5N4. The third kappa shape index (κ3) is 6.82. The largest absolute Gasteiger partial charge is 0.416 e. The van der Waals surface area contributed by atoms with Gasteiger partial charge in [0.05, 0.1) is 11.6 Å². The third-order valence-corrected chi connectivity index (χ3v) is 8.02. The first kappa shape index (κ1) is 28.5. The zero-order valence-corrected chi connectivity index (χ0v) is 22.7. The molecule has 0 spiro atoms. The van der Waals surface area contributed by atoms with Crippen molar-refractivity contribution >= 4 is 5.69 Å². The molecule has 2 aliphatic rings. The van der Waals surface area contributed by atoms with E-state index < -0.39 is 11.7 Å². The van der Waals surface area contributed by atoms with E-state index in [1.54, 1.807) is 36.4 Å². The molecule has 5 rings (SSSR count). The standard InChI is InChI=1S/C31H35F5N4/c1-37-13-2-14-39(18-15-37)28-11-12-29(31(34,35)36)25(21-28)22-38-16-19-40(20-17-38)30(23-3-7-26(32)8-4-23)24-5-9-27(33)10-6-24/h3-12,21,30H,2,13-20,22H2,1H3. The van der Waals surface area contributed by atoms with Crippen LogP contribution in [0.1, 0.15) is 34.7 Å². The van der Waals surface area contributed by atoms with Crippen LogP contribution in [0, 0.1) is 11.6 Å². The maximum absolute atomic E-state index is 14.0. The molecule has 0 bridgehead atoms. The van der Waals surface area contributed by atoms with Crippen molar-refractivity contribution in [1.82, 2.24) is 14.7 Å². The Balaban J connectivity index is 1.33. The molecule has 0 aromatic heterocycles. The first-order valence-corrected chi connectivity index (χ1v) is 13.8. The summed E-state index contributed by atoms with van der Waals surface area (Å²) in [6, 6.07) is 16.9. The van der Waals surface area contributed by atoms with Crippen LogP contribution in [0.25, 0.3) is 0 Å². The van der Waals surface area contributed by atoms with E-state index in [0.29, 0.717) is 31.7 Å². The van der Waals surface area contributed by atoms with Crippen molar-refractivity contribution in [3.63, 3.8) is 0 Å². The van der Waals surface area contributed by atoms with Crippen LogP contribution in [-0.4, -0.2) is 74.1 Å². The summed E-state index contributed by atoms with van der Waals surface area (Å²) < 4.78 is 69.3. The number of rotatable bonds is 6. The maximum Gasteiger partial charge on any atom is 0.416 e. The summed E-state index contributed by atoms with van der Waals surface area (Å²) in [7, 11) is 2.07. The quantitative estimate of drug-likeness (QED) is 0.343. The molecule has 3 aromatic carbocycles. The van der Waals surface area contributed by atoms with E-state index >= 15 is 0 Å². The van der Waals surface area contributed by atoms with Gasteiger partial charge in [0.2, 0.25) is 0 Å². The average molecular weight is 559 g/mol. The monoisotopic (exact) mass is 558 g/mol. The number of hydrogen-bond donors (Lipinski definition) is 0. The van der Waals surface area contributed by atoms with Gasteiger partial charge in [0, 0.05) is 58.0 Å². The lowest BCUT2D eigenvalue weighted by atomic mass is 9.96. The Bertz CT molecular complexity index is 1210. The molecule has 9 heteroatoms. The molecule has 0 atom stereocenters. The Kier molecular flexibility index (Phi) is 8.73. The van der Waals surface area contributed by atoms with Crippen molar-refractivity contribution in [2.24, 2.45) is 0 Å². The Morgan fingerprint density at radius 1 is 0.700 bits per heavy atom. The second kappa shape index (κ2) is 12.2. The van der Waals surface area contributed by atoms with Crippen molar-refractivity contribution < 1.29 is 22.0 Å². The summed E-state index contributed by atoms with van der Waals surface area (Å²) in [5, 5.41) is 0. The summed E-state index contributed by atoms with van der Waals surface area (Å²) in [6.45, 7) is 6.05. The highest BCUT2D eigenvalue weighted by Gasteiger charge is 2.35. The summed E-state index contributed by atoms with van der Waals surface area (Å²) in [5.74, 6) is -0.664. The molecule has 2 saturated heterocycles. The fourth-order valence-electron chi connectivity index (χ4n) is 5.81. The van der Waals surface area contributed by atoms with E-state index in [1.165, 1.54) is 30.3 Å². The molecule has 2 fully saturated rings. The van der Waals surface area contributed by atoms with Gasteiger partial charge in [-0.2, -0.15) is 13.2 Å². The van der Waals surface area contributed by atoms with Gasteiger partial charge in [-0.25, -0.2) is 8.78 Å². The van der Waals surface area contributed by atoms with Crippen LogP contribution in [0.4, 0.5) is 27.6 Å². The van der Waals surface area contributed by atoms with E-state index in [-0.39, 0.29) is 24.2 Å². The lowest BCUT2D eigenvalue weighted by Gasteiger charge is -2.40. The minimum Gasteiger partial charge on any atom is -0.370 e. The molecule has 40 heavy (non-hydrogen) atoms. The zero-order chi connectivity index (χ0) is 28.3. The highest BCUT2D eigenvalue weighted by molar-refractivity contribution is 5.52. The molecular weight excluding hydrogens is 523 g/mol. The van der Waals surface area contributed by atoms with Gasteiger partial charge in [0.25, 0.3) is 0 Å². The lowest BCUT2D eigenvalue weighted by Crippen LogP contribution is -2.47. The lowest BCUT2D eigenvalue weighted by molar-refractivity contribution is -0.138. The van der Waals surface area contributed by atoms with Crippen molar-refractivity contribution in [3.8, 4) is 0 Å². The highest BCUT2D eigenvalue weighted by atomic mass is 19.4. The van der Waals surface area contributed by atoms with Gasteiger partial charge in [0.1, 0.15) is 11.6 Å². The predicted molar refractivity (Wildman–Crippen MR) is 147 cm³/mol. The van der Waals surface area contributed by atoms with Gasteiger partial charge in [-0.1, -0.05) is 24.3 Å². The van der Waals surface area contributed by atoms with Crippen LogP contribution in [0.5, 0.6) is 0 Å². The number of alkyl halides is 3. The average Bonchev–Trinajstić information content (AvgIpc) is 3.15. The van der Waals surface area contributed by atoms with Crippen molar-refractivity contribution in [2.45, 2.75) is 25.2 Å². The second-order valence-electron chi connectivity index (χ2n) is 10.8. The Morgan fingerprint density at radius 3 is 1.88 bits per heavy atom. The number of benzene rings is 3. The predicted octanol–water partition coefficient (Wildman–Crippen LogP) is 6.03. The Labute approximate surface area is 232 Å². The van der Waals surface area contributed by atoms with Gasteiger partial charge in [-0.3, -0.25) is 9.80 Å². The minimum atomic E-state index is -4.43. The first-order valence-electron chi connectivity index (χ1n) is 13.8. The summed E-state index contributed by atoms with van der Waals surface area (Å²) >= 11 is 0.